The van der Waals surface area contributed by atoms with E-state index in [1.165, 1.54) is 6.33 Å². The summed E-state index contributed by atoms with van der Waals surface area (Å²) in [7, 11) is 1.86. The van der Waals surface area contributed by atoms with E-state index in [-0.39, 0.29) is 30.7 Å². The first-order chi connectivity index (χ1) is 10.7. The second-order valence-corrected chi connectivity index (χ2v) is 5.45. The van der Waals surface area contributed by atoms with Crippen LogP contribution in [0.3, 0.4) is 0 Å². The Morgan fingerprint density at radius 1 is 1.25 bits per heavy atom. The standard InChI is InChI=1S/C14H21N7O.2ClH/c1-11-9-12(21-14(18-11)16-10-17-21)19-5-7-20(8-6-19)13(22)3-4-15-2;;/h9-10,15H,3-8H2,1-2H3;2*1H. The molecule has 0 bridgehead atoms. The van der Waals surface area contributed by atoms with Crippen LogP contribution in [0.15, 0.2) is 12.4 Å². The monoisotopic (exact) mass is 375 g/mol. The number of nitrogens with zero attached hydrogens (tertiary/aromatic N) is 6. The summed E-state index contributed by atoms with van der Waals surface area (Å²) in [5.41, 5.74) is 0.919. The zero-order valence-electron chi connectivity index (χ0n) is 13.8. The number of hydrogen-bond acceptors (Lipinski definition) is 6. The first kappa shape index (κ1) is 20.4. The van der Waals surface area contributed by atoms with E-state index in [0.717, 1.165) is 44.2 Å². The van der Waals surface area contributed by atoms with E-state index >= 15 is 0 Å². The predicted molar refractivity (Wildman–Crippen MR) is 97.4 cm³/mol. The minimum Gasteiger partial charge on any atom is -0.353 e. The van der Waals surface area contributed by atoms with E-state index in [9.17, 15) is 4.79 Å². The lowest BCUT2D eigenvalue weighted by Crippen LogP contribution is -2.49. The molecule has 1 saturated heterocycles. The van der Waals surface area contributed by atoms with Crippen LogP contribution in [-0.4, -0.2) is 70.2 Å². The largest absolute Gasteiger partial charge is 0.353 e. The lowest BCUT2D eigenvalue weighted by Gasteiger charge is -2.36. The maximum atomic E-state index is 12.1. The van der Waals surface area contributed by atoms with E-state index in [4.69, 9.17) is 0 Å². The molecular formula is C14H23Cl2N7O. The summed E-state index contributed by atoms with van der Waals surface area (Å²) in [5.74, 6) is 1.82. The molecule has 3 heterocycles. The van der Waals surface area contributed by atoms with Gasteiger partial charge in [0.2, 0.25) is 5.91 Å². The lowest BCUT2D eigenvalue weighted by molar-refractivity contribution is -0.131. The number of hydrogen-bond donors (Lipinski definition) is 1. The van der Waals surface area contributed by atoms with Gasteiger partial charge in [0, 0.05) is 50.9 Å². The third-order valence-electron chi connectivity index (χ3n) is 3.91. The summed E-state index contributed by atoms with van der Waals surface area (Å²) in [6.45, 7) is 5.74. The fourth-order valence-electron chi connectivity index (χ4n) is 2.71. The molecule has 1 N–H and O–H groups in total. The number of aromatic nitrogens is 4. The van der Waals surface area contributed by atoms with Gasteiger partial charge in [0.15, 0.2) is 0 Å². The molecule has 0 atom stereocenters. The van der Waals surface area contributed by atoms with Gasteiger partial charge >= 0.3 is 0 Å². The minimum absolute atomic E-state index is 0. The van der Waals surface area contributed by atoms with Crippen LogP contribution < -0.4 is 10.2 Å². The zero-order chi connectivity index (χ0) is 15.5. The normalized spacial score (nSPS) is 14.2. The Kier molecular flexibility index (Phi) is 7.65. The van der Waals surface area contributed by atoms with Crippen LogP contribution in [-0.2, 0) is 4.79 Å². The maximum absolute atomic E-state index is 12.1. The molecule has 10 heteroatoms. The summed E-state index contributed by atoms with van der Waals surface area (Å²) < 4.78 is 1.76. The maximum Gasteiger partial charge on any atom is 0.254 e. The Labute approximate surface area is 153 Å². The van der Waals surface area contributed by atoms with Gasteiger partial charge in [-0.1, -0.05) is 0 Å². The Morgan fingerprint density at radius 2 is 1.96 bits per heavy atom. The molecule has 8 nitrogen and oxygen atoms in total. The topological polar surface area (TPSA) is 78.7 Å². The molecule has 0 unspecified atom stereocenters. The van der Waals surface area contributed by atoms with Crippen LogP contribution in [0.1, 0.15) is 12.1 Å². The first-order valence-corrected chi connectivity index (χ1v) is 7.54. The highest BCUT2D eigenvalue weighted by Crippen LogP contribution is 2.18. The van der Waals surface area contributed by atoms with Gasteiger partial charge in [0.1, 0.15) is 12.1 Å². The molecule has 0 aromatic carbocycles. The number of amides is 1. The molecule has 3 rings (SSSR count). The molecule has 134 valence electrons. The number of carbonyl (C=O) groups excluding carboxylic acids is 1. The van der Waals surface area contributed by atoms with Crippen molar-refractivity contribution in [3.8, 4) is 0 Å². The molecule has 0 radical (unpaired) electrons. The average molecular weight is 376 g/mol. The number of rotatable bonds is 4. The number of halogens is 2. The van der Waals surface area contributed by atoms with Crippen LogP contribution in [0.4, 0.5) is 5.82 Å². The molecule has 2 aromatic rings. The van der Waals surface area contributed by atoms with Gasteiger partial charge in [0.05, 0.1) is 0 Å². The van der Waals surface area contributed by atoms with E-state index < -0.39 is 0 Å². The fraction of sp³-hybridized carbons (Fsp3) is 0.571. The van der Waals surface area contributed by atoms with Gasteiger partial charge in [-0.15, -0.1) is 24.8 Å². The van der Waals surface area contributed by atoms with Crippen molar-refractivity contribution in [2.45, 2.75) is 13.3 Å². The average Bonchev–Trinajstić information content (AvgIpc) is 3.00. The molecule has 0 spiro atoms. The van der Waals surface area contributed by atoms with E-state index in [1.807, 2.05) is 24.9 Å². The van der Waals surface area contributed by atoms with Gasteiger partial charge in [0.25, 0.3) is 5.78 Å². The molecule has 1 aliphatic heterocycles. The highest BCUT2D eigenvalue weighted by Gasteiger charge is 2.22. The summed E-state index contributed by atoms with van der Waals surface area (Å²) in [6, 6.07) is 2.01. The molecule has 0 aliphatic carbocycles. The van der Waals surface area contributed by atoms with Crippen LogP contribution in [0.25, 0.3) is 5.78 Å². The van der Waals surface area contributed by atoms with Crippen LogP contribution in [0, 0.1) is 6.92 Å². The number of nitrogens with one attached hydrogen (secondary N) is 1. The summed E-state index contributed by atoms with van der Waals surface area (Å²) >= 11 is 0. The lowest BCUT2D eigenvalue weighted by atomic mass is 10.2. The van der Waals surface area contributed by atoms with Crippen LogP contribution in [0.2, 0.25) is 0 Å². The SMILES string of the molecule is CNCCC(=O)N1CCN(c2cc(C)nc3ncnn23)CC1.Cl.Cl. The third kappa shape index (κ3) is 4.25. The quantitative estimate of drug-likeness (QED) is 0.839. The molecular weight excluding hydrogens is 353 g/mol. The zero-order valence-corrected chi connectivity index (χ0v) is 15.4. The predicted octanol–water partition coefficient (Wildman–Crippen LogP) is 0.534. The van der Waals surface area contributed by atoms with Gasteiger partial charge in [-0.05, 0) is 14.0 Å². The van der Waals surface area contributed by atoms with E-state index in [2.05, 4.69) is 25.3 Å². The van der Waals surface area contributed by atoms with Crippen molar-refractivity contribution in [1.29, 1.82) is 0 Å². The molecule has 1 fully saturated rings. The van der Waals surface area contributed by atoms with Crippen molar-refractivity contribution in [1.82, 2.24) is 29.8 Å². The van der Waals surface area contributed by atoms with Crippen LogP contribution >= 0.6 is 24.8 Å². The highest BCUT2D eigenvalue weighted by molar-refractivity contribution is 5.85. The Balaban J connectivity index is 0.00000144. The minimum atomic E-state index is 0. The Morgan fingerprint density at radius 3 is 2.62 bits per heavy atom. The van der Waals surface area contributed by atoms with Crippen molar-refractivity contribution in [3.63, 3.8) is 0 Å². The molecule has 2 aromatic heterocycles. The third-order valence-corrected chi connectivity index (χ3v) is 3.91. The van der Waals surface area contributed by atoms with Gasteiger partial charge in [-0.25, -0.2) is 4.98 Å². The summed E-state index contributed by atoms with van der Waals surface area (Å²) in [5, 5.41) is 7.25. The van der Waals surface area contributed by atoms with Crippen LogP contribution in [0.5, 0.6) is 0 Å². The van der Waals surface area contributed by atoms with Crippen molar-refractivity contribution in [2.24, 2.45) is 0 Å². The number of fused-ring (bicyclic) bond motifs is 1. The fourth-order valence-corrected chi connectivity index (χ4v) is 2.71. The number of piperazine rings is 1. The molecule has 1 aliphatic rings. The number of carbonyl (C=O) groups is 1. The van der Waals surface area contributed by atoms with Gasteiger partial charge < -0.3 is 15.1 Å². The highest BCUT2D eigenvalue weighted by atomic mass is 35.5. The van der Waals surface area contributed by atoms with Gasteiger partial charge in [-0.2, -0.15) is 14.6 Å². The Hall–Kier alpha value is -1.64. The molecule has 24 heavy (non-hydrogen) atoms. The van der Waals surface area contributed by atoms with Crippen molar-refractivity contribution >= 4 is 42.3 Å². The molecule has 0 saturated carbocycles. The van der Waals surface area contributed by atoms with Crippen molar-refractivity contribution < 1.29 is 4.79 Å². The second kappa shape index (κ2) is 9.00. The summed E-state index contributed by atoms with van der Waals surface area (Å²) in [4.78, 5) is 24.7. The number of aryl methyl sites for hydroxylation is 1. The van der Waals surface area contributed by atoms with Crippen molar-refractivity contribution in [3.05, 3.63) is 18.1 Å². The number of anilines is 1. The van der Waals surface area contributed by atoms with E-state index in [1.54, 1.807) is 4.52 Å². The smallest absolute Gasteiger partial charge is 0.254 e. The molecule has 1 amide bonds. The second-order valence-electron chi connectivity index (χ2n) is 5.45. The summed E-state index contributed by atoms with van der Waals surface area (Å²) in [6.07, 6.45) is 2.07. The Bertz CT molecular complexity index is 670. The first-order valence-electron chi connectivity index (χ1n) is 7.54. The van der Waals surface area contributed by atoms with E-state index in [0.29, 0.717) is 12.2 Å². The van der Waals surface area contributed by atoms with Crippen molar-refractivity contribution in [2.75, 3.05) is 44.7 Å². The van der Waals surface area contributed by atoms with Gasteiger partial charge in [-0.3, -0.25) is 4.79 Å².